The molecule has 0 N–H and O–H groups in total. The minimum atomic E-state index is 0. The van der Waals surface area contributed by atoms with Crippen LogP contribution in [-0.2, 0) is 6.42 Å². The molecule has 25 heavy (non-hydrogen) atoms. The van der Waals surface area contributed by atoms with Crippen molar-refractivity contribution in [2.45, 2.75) is 6.42 Å². The third-order valence-corrected chi connectivity index (χ3v) is 4.99. The van der Waals surface area contributed by atoms with Crippen LogP contribution in [0.1, 0.15) is 5.56 Å². The van der Waals surface area contributed by atoms with Gasteiger partial charge in [0.25, 0.3) is 0 Å². The molecular formula is C18H17ClIN3O2. The molecule has 0 fully saturated rings. The van der Waals surface area contributed by atoms with Crippen molar-refractivity contribution in [2.24, 2.45) is 0 Å². The van der Waals surface area contributed by atoms with Crippen molar-refractivity contribution < 1.29 is 9.47 Å². The lowest BCUT2D eigenvalue weighted by molar-refractivity contribution is 0.356. The summed E-state index contributed by atoms with van der Waals surface area (Å²) in [5.74, 6) is 2.26. The molecule has 4 rings (SSSR count). The minimum absolute atomic E-state index is 0. The van der Waals surface area contributed by atoms with E-state index in [1.54, 1.807) is 20.5 Å². The Kier molecular flexibility index (Phi) is 5.19. The molecule has 0 amide bonds. The van der Waals surface area contributed by atoms with Gasteiger partial charge in [0.1, 0.15) is 12.1 Å². The van der Waals surface area contributed by atoms with Crippen LogP contribution in [0.2, 0.25) is 0 Å². The summed E-state index contributed by atoms with van der Waals surface area (Å²) in [7, 11) is 3.27. The van der Waals surface area contributed by atoms with Gasteiger partial charge >= 0.3 is 0 Å². The number of anilines is 2. The molecule has 3 aromatic rings. The summed E-state index contributed by atoms with van der Waals surface area (Å²) >= 11 is 2.35. The maximum Gasteiger partial charge on any atom is 0.162 e. The van der Waals surface area contributed by atoms with Crippen LogP contribution in [0.15, 0.2) is 36.7 Å². The van der Waals surface area contributed by atoms with Crippen LogP contribution in [0, 0.1) is 3.57 Å². The maximum absolute atomic E-state index is 5.45. The van der Waals surface area contributed by atoms with E-state index in [1.165, 1.54) is 14.8 Å². The number of hydrogen-bond donors (Lipinski definition) is 0. The number of halogens is 2. The second-order valence-corrected chi connectivity index (χ2v) is 6.84. The van der Waals surface area contributed by atoms with E-state index < -0.39 is 0 Å². The lowest BCUT2D eigenvalue weighted by Crippen LogP contribution is -2.15. The molecule has 2 aromatic carbocycles. The molecule has 0 aliphatic carbocycles. The number of ether oxygens (including phenoxy) is 2. The molecule has 2 heterocycles. The van der Waals surface area contributed by atoms with Crippen LogP contribution in [0.4, 0.5) is 11.5 Å². The number of hydrogen-bond acceptors (Lipinski definition) is 5. The standard InChI is InChI=1S/C18H16IN3O2.ClH/c1-23-16-8-13-14(9-17(16)24-2)20-10-21-18(13)22-6-5-11-3-4-12(19)7-15(11)22;/h3-4,7-10H,5-6H2,1-2H3;1H. The molecule has 0 atom stereocenters. The molecule has 1 aromatic heterocycles. The second-order valence-electron chi connectivity index (χ2n) is 5.60. The quantitative estimate of drug-likeness (QED) is 0.533. The first-order valence-corrected chi connectivity index (χ1v) is 8.72. The van der Waals surface area contributed by atoms with E-state index in [0.29, 0.717) is 11.5 Å². The monoisotopic (exact) mass is 469 g/mol. The van der Waals surface area contributed by atoms with E-state index in [4.69, 9.17) is 9.47 Å². The first-order valence-electron chi connectivity index (χ1n) is 7.64. The Morgan fingerprint density at radius 1 is 1.04 bits per heavy atom. The number of rotatable bonds is 3. The molecule has 0 bridgehead atoms. The average molecular weight is 470 g/mol. The average Bonchev–Trinajstić information content (AvgIpc) is 3.02. The molecular weight excluding hydrogens is 453 g/mol. The molecule has 0 radical (unpaired) electrons. The Hall–Kier alpha value is -1.80. The zero-order valence-electron chi connectivity index (χ0n) is 13.8. The van der Waals surface area contributed by atoms with Crippen LogP contribution < -0.4 is 14.4 Å². The summed E-state index contributed by atoms with van der Waals surface area (Å²) in [4.78, 5) is 11.2. The fraction of sp³-hybridized carbons (Fsp3) is 0.222. The Labute approximate surface area is 165 Å². The van der Waals surface area contributed by atoms with Gasteiger partial charge in [0.15, 0.2) is 11.5 Å². The Bertz CT molecular complexity index is 936. The SMILES string of the molecule is COc1cc2ncnc(N3CCc4ccc(I)cc43)c2cc1OC.Cl. The number of benzene rings is 2. The Balaban J connectivity index is 0.00000182. The van der Waals surface area contributed by atoms with Crippen LogP contribution in [0.25, 0.3) is 10.9 Å². The van der Waals surface area contributed by atoms with Gasteiger partial charge in [-0.25, -0.2) is 9.97 Å². The smallest absolute Gasteiger partial charge is 0.162 e. The first kappa shape index (κ1) is 18.0. The van der Waals surface area contributed by atoms with Gasteiger partial charge in [0, 0.05) is 27.3 Å². The normalized spacial score (nSPS) is 12.7. The van der Waals surface area contributed by atoms with Crippen molar-refractivity contribution in [2.75, 3.05) is 25.7 Å². The molecule has 0 unspecified atom stereocenters. The number of nitrogens with zero attached hydrogens (tertiary/aromatic N) is 3. The summed E-state index contributed by atoms with van der Waals surface area (Å²) < 4.78 is 12.1. The Morgan fingerprint density at radius 2 is 1.80 bits per heavy atom. The maximum atomic E-state index is 5.45. The van der Waals surface area contributed by atoms with Gasteiger partial charge in [0.05, 0.1) is 19.7 Å². The molecule has 0 saturated carbocycles. The van der Waals surface area contributed by atoms with Crippen molar-refractivity contribution in [3.8, 4) is 11.5 Å². The number of fused-ring (bicyclic) bond motifs is 2. The van der Waals surface area contributed by atoms with Crippen LogP contribution in [0.3, 0.4) is 0 Å². The Morgan fingerprint density at radius 3 is 2.56 bits per heavy atom. The van der Waals surface area contributed by atoms with E-state index in [-0.39, 0.29) is 12.4 Å². The van der Waals surface area contributed by atoms with Crippen LogP contribution in [0.5, 0.6) is 11.5 Å². The highest BCUT2D eigenvalue weighted by Crippen LogP contribution is 2.40. The molecule has 7 heteroatoms. The van der Waals surface area contributed by atoms with Gasteiger partial charge in [-0.3, -0.25) is 0 Å². The third-order valence-electron chi connectivity index (χ3n) is 4.32. The molecule has 0 spiro atoms. The summed E-state index contributed by atoms with van der Waals surface area (Å²) in [5, 5.41) is 0.960. The fourth-order valence-electron chi connectivity index (χ4n) is 3.16. The van der Waals surface area contributed by atoms with Gasteiger partial charge in [-0.15, -0.1) is 12.4 Å². The van der Waals surface area contributed by atoms with E-state index in [0.717, 1.165) is 29.7 Å². The predicted octanol–water partition coefficient (Wildman–Crippen LogP) is 4.37. The predicted molar refractivity (Wildman–Crippen MR) is 110 cm³/mol. The van der Waals surface area contributed by atoms with Gasteiger partial charge in [0.2, 0.25) is 0 Å². The lowest BCUT2D eigenvalue weighted by Gasteiger charge is -2.20. The first-order chi connectivity index (χ1) is 11.7. The van der Waals surface area contributed by atoms with Crippen molar-refractivity contribution in [3.05, 3.63) is 45.8 Å². The van der Waals surface area contributed by atoms with Gasteiger partial charge in [-0.1, -0.05) is 6.07 Å². The van der Waals surface area contributed by atoms with Crippen LogP contribution in [-0.4, -0.2) is 30.7 Å². The highest BCUT2D eigenvalue weighted by Gasteiger charge is 2.24. The van der Waals surface area contributed by atoms with E-state index in [9.17, 15) is 0 Å². The zero-order valence-corrected chi connectivity index (χ0v) is 16.8. The molecule has 1 aliphatic rings. The number of aromatic nitrogens is 2. The second kappa shape index (κ2) is 7.21. The molecule has 0 saturated heterocycles. The number of methoxy groups -OCH3 is 2. The minimum Gasteiger partial charge on any atom is -0.493 e. The van der Waals surface area contributed by atoms with Crippen LogP contribution >= 0.6 is 35.0 Å². The van der Waals surface area contributed by atoms with Crippen molar-refractivity contribution in [1.29, 1.82) is 0 Å². The zero-order chi connectivity index (χ0) is 16.7. The lowest BCUT2D eigenvalue weighted by atomic mass is 10.1. The molecule has 5 nitrogen and oxygen atoms in total. The summed E-state index contributed by atoms with van der Waals surface area (Å²) in [5.41, 5.74) is 3.41. The van der Waals surface area contributed by atoms with Crippen molar-refractivity contribution >= 4 is 57.4 Å². The van der Waals surface area contributed by atoms with Gasteiger partial charge in [-0.05, 0) is 52.8 Å². The van der Waals surface area contributed by atoms with E-state index >= 15 is 0 Å². The largest absolute Gasteiger partial charge is 0.493 e. The van der Waals surface area contributed by atoms with E-state index in [1.807, 2.05) is 12.1 Å². The highest BCUT2D eigenvalue weighted by atomic mass is 127. The van der Waals surface area contributed by atoms with Crippen molar-refractivity contribution in [1.82, 2.24) is 9.97 Å². The van der Waals surface area contributed by atoms with Crippen molar-refractivity contribution in [3.63, 3.8) is 0 Å². The van der Waals surface area contributed by atoms with Gasteiger partial charge < -0.3 is 14.4 Å². The summed E-state index contributed by atoms with van der Waals surface area (Å²) in [6, 6.07) is 10.4. The molecule has 1 aliphatic heterocycles. The summed E-state index contributed by atoms with van der Waals surface area (Å²) in [6.07, 6.45) is 2.63. The highest BCUT2D eigenvalue weighted by molar-refractivity contribution is 14.1. The van der Waals surface area contributed by atoms with Gasteiger partial charge in [-0.2, -0.15) is 0 Å². The third kappa shape index (κ3) is 3.08. The fourth-order valence-corrected chi connectivity index (χ4v) is 3.63. The topological polar surface area (TPSA) is 47.5 Å². The van der Waals surface area contributed by atoms with E-state index in [2.05, 4.69) is 55.7 Å². The summed E-state index contributed by atoms with van der Waals surface area (Å²) in [6.45, 7) is 0.913. The molecule has 130 valence electrons.